The molecular weight excluding hydrogens is 336 g/mol. The zero-order valence-electron chi connectivity index (χ0n) is 14.9. The van der Waals surface area contributed by atoms with Crippen LogP contribution in [0.4, 0.5) is 0 Å². The Labute approximate surface area is 157 Å². The largest absolute Gasteiger partial charge is 0.497 e. The van der Waals surface area contributed by atoms with E-state index in [0.717, 1.165) is 28.0 Å². The van der Waals surface area contributed by atoms with Crippen molar-refractivity contribution in [2.24, 2.45) is 0 Å². The second kappa shape index (κ2) is 7.30. The van der Waals surface area contributed by atoms with Crippen LogP contribution in [0, 0.1) is 0 Å². The molecule has 4 nitrogen and oxygen atoms in total. The molecule has 0 aliphatic rings. The van der Waals surface area contributed by atoms with Crippen LogP contribution in [0.2, 0.25) is 0 Å². The third-order valence-corrected chi connectivity index (χ3v) is 4.32. The van der Waals surface area contributed by atoms with Crippen LogP contribution in [0.1, 0.15) is 16.2 Å². The summed E-state index contributed by atoms with van der Waals surface area (Å²) in [7, 11) is 1.62. The van der Waals surface area contributed by atoms with Gasteiger partial charge >= 0.3 is 0 Å². The second-order valence-corrected chi connectivity index (χ2v) is 6.07. The number of carbonyl (C=O) groups excluding carboxylic acids is 1. The van der Waals surface area contributed by atoms with E-state index in [-0.39, 0.29) is 5.78 Å². The van der Waals surface area contributed by atoms with Gasteiger partial charge in [-0.2, -0.15) is 0 Å². The summed E-state index contributed by atoms with van der Waals surface area (Å²) >= 11 is 0. The lowest BCUT2D eigenvalue weighted by Crippen LogP contribution is -2.06. The maximum Gasteiger partial charge on any atom is 0.221 e. The van der Waals surface area contributed by atoms with Crippen LogP contribution in [0.25, 0.3) is 22.8 Å². The number of ether oxygens (including phenoxy) is 1. The number of methoxy groups -OCH3 is 1. The van der Waals surface area contributed by atoms with E-state index >= 15 is 0 Å². The number of para-hydroxylation sites is 3. The van der Waals surface area contributed by atoms with Crippen molar-refractivity contribution in [2.75, 3.05) is 7.11 Å². The second-order valence-electron chi connectivity index (χ2n) is 6.07. The highest BCUT2D eigenvalue weighted by Gasteiger charge is 2.16. The fraction of sp³-hybridized carbons (Fsp3) is 0.0435. The molecule has 0 spiro atoms. The van der Waals surface area contributed by atoms with E-state index in [1.165, 1.54) is 0 Å². The van der Waals surface area contributed by atoms with Gasteiger partial charge in [-0.1, -0.05) is 48.5 Å². The summed E-state index contributed by atoms with van der Waals surface area (Å²) in [6.07, 6.45) is 3.33. The SMILES string of the molecule is COc1cccc(/C=C/C(=O)c2nc3ccccc3n2-c2ccccc2)c1. The molecule has 0 aliphatic carbocycles. The zero-order valence-corrected chi connectivity index (χ0v) is 14.9. The summed E-state index contributed by atoms with van der Waals surface area (Å²) in [5, 5.41) is 0. The van der Waals surface area contributed by atoms with E-state index in [1.807, 2.05) is 83.4 Å². The van der Waals surface area contributed by atoms with Gasteiger partial charge in [-0.05, 0) is 48.0 Å². The Bertz CT molecular complexity index is 1130. The molecule has 1 heterocycles. The van der Waals surface area contributed by atoms with E-state index in [2.05, 4.69) is 4.98 Å². The van der Waals surface area contributed by atoms with Gasteiger partial charge in [0.1, 0.15) is 5.75 Å². The van der Waals surface area contributed by atoms with Crippen molar-refractivity contribution in [2.45, 2.75) is 0 Å². The summed E-state index contributed by atoms with van der Waals surface area (Å²) in [4.78, 5) is 17.5. The molecule has 4 rings (SSSR count). The van der Waals surface area contributed by atoms with Gasteiger partial charge in [0.25, 0.3) is 0 Å². The van der Waals surface area contributed by atoms with Crippen molar-refractivity contribution >= 4 is 22.9 Å². The molecule has 0 saturated carbocycles. The molecule has 4 heteroatoms. The quantitative estimate of drug-likeness (QED) is 0.377. The molecule has 0 fully saturated rings. The first-order valence-electron chi connectivity index (χ1n) is 8.65. The van der Waals surface area contributed by atoms with Crippen molar-refractivity contribution in [3.63, 3.8) is 0 Å². The van der Waals surface area contributed by atoms with Crippen LogP contribution in [-0.4, -0.2) is 22.4 Å². The van der Waals surface area contributed by atoms with Crippen molar-refractivity contribution in [1.29, 1.82) is 0 Å². The molecule has 0 atom stereocenters. The Kier molecular flexibility index (Phi) is 4.54. The van der Waals surface area contributed by atoms with Gasteiger partial charge < -0.3 is 4.74 Å². The minimum atomic E-state index is -0.155. The molecule has 3 aromatic carbocycles. The fourth-order valence-electron chi connectivity index (χ4n) is 3.02. The number of benzene rings is 3. The zero-order chi connectivity index (χ0) is 18.6. The molecule has 0 radical (unpaired) electrons. The number of carbonyl (C=O) groups is 1. The first kappa shape index (κ1) is 16.8. The number of ketones is 1. The standard InChI is InChI=1S/C23H18N2O2/c1-27-19-11-7-8-17(16-19)14-15-22(26)23-24-20-12-5-6-13-21(20)25(23)18-9-3-2-4-10-18/h2-16H,1H3/b15-14+. The highest BCUT2D eigenvalue weighted by Crippen LogP contribution is 2.22. The van der Waals surface area contributed by atoms with E-state index in [1.54, 1.807) is 19.3 Å². The van der Waals surface area contributed by atoms with Crippen molar-refractivity contribution < 1.29 is 9.53 Å². The number of nitrogens with zero attached hydrogens (tertiary/aromatic N) is 2. The van der Waals surface area contributed by atoms with Crippen molar-refractivity contribution in [1.82, 2.24) is 9.55 Å². The highest BCUT2D eigenvalue weighted by atomic mass is 16.5. The van der Waals surface area contributed by atoms with Crippen molar-refractivity contribution in [3.8, 4) is 11.4 Å². The van der Waals surface area contributed by atoms with Gasteiger partial charge in [0.05, 0.1) is 18.1 Å². The number of hydrogen-bond donors (Lipinski definition) is 0. The Morgan fingerprint density at radius 1 is 0.963 bits per heavy atom. The Hall–Kier alpha value is -3.66. The maximum atomic E-state index is 12.9. The number of fused-ring (bicyclic) bond motifs is 1. The van der Waals surface area contributed by atoms with Crippen LogP contribution in [-0.2, 0) is 0 Å². The number of imidazole rings is 1. The maximum absolute atomic E-state index is 12.9. The van der Waals surface area contributed by atoms with Crippen LogP contribution in [0.5, 0.6) is 5.75 Å². The first-order chi connectivity index (χ1) is 13.3. The number of hydrogen-bond acceptors (Lipinski definition) is 3. The van der Waals surface area contributed by atoms with Crippen LogP contribution in [0.15, 0.2) is 84.9 Å². The van der Waals surface area contributed by atoms with E-state index in [0.29, 0.717) is 5.82 Å². The molecule has 0 N–H and O–H groups in total. The van der Waals surface area contributed by atoms with E-state index in [4.69, 9.17) is 4.74 Å². The van der Waals surface area contributed by atoms with E-state index in [9.17, 15) is 4.79 Å². The average Bonchev–Trinajstić information content (AvgIpc) is 3.12. The topological polar surface area (TPSA) is 44.1 Å². The average molecular weight is 354 g/mol. The van der Waals surface area contributed by atoms with Gasteiger partial charge in [0.15, 0.2) is 5.82 Å². The lowest BCUT2D eigenvalue weighted by molar-refractivity contribution is 0.103. The first-order valence-corrected chi connectivity index (χ1v) is 8.65. The minimum Gasteiger partial charge on any atom is -0.497 e. The third kappa shape index (κ3) is 3.37. The van der Waals surface area contributed by atoms with Gasteiger partial charge in [-0.3, -0.25) is 9.36 Å². The Morgan fingerprint density at radius 2 is 1.74 bits per heavy atom. The predicted octanol–water partition coefficient (Wildman–Crippen LogP) is 4.93. The summed E-state index contributed by atoms with van der Waals surface area (Å²) in [6, 6.07) is 25.1. The molecule has 0 aliphatic heterocycles. The Morgan fingerprint density at radius 3 is 2.56 bits per heavy atom. The molecule has 4 aromatic rings. The smallest absolute Gasteiger partial charge is 0.221 e. The molecule has 0 amide bonds. The Balaban J connectivity index is 1.76. The molecular formula is C23H18N2O2. The molecule has 0 bridgehead atoms. The predicted molar refractivity (Wildman–Crippen MR) is 107 cm³/mol. The lowest BCUT2D eigenvalue weighted by atomic mass is 10.2. The molecule has 1 aromatic heterocycles. The van der Waals surface area contributed by atoms with Gasteiger partial charge in [0, 0.05) is 5.69 Å². The number of allylic oxidation sites excluding steroid dienone is 1. The summed E-state index contributed by atoms with van der Waals surface area (Å²) in [5.41, 5.74) is 3.50. The van der Waals surface area contributed by atoms with Gasteiger partial charge in [-0.25, -0.2) is 4.98 Å². The molecule has 132 valence electrons. The molecule has 0 saturated heterocycles. The van der Waals surface area contributed by atoms with Crippen molar-refractivity contribution in [3.05, 3.63) is 96.3 Å². The molecule has 0 unspecified atom stereocenters. The fourth-order valence-corrected chi connectivity index (χ4v) is 3.02. The monoisotopic (exact) mass is 354 g/mol. The van der Waals surface area contributed by atoms with Gasteiger partial charge in [-0.15, -0.1) is 0 Å². The summed E-state index contributed by atoms with van der Waals surface area (Å²) in [6.45, 7) is 0. The minimum absolute atomic E-state index is 0.155. The van der Waals surface area contributed by atoms with Crippen LogP contribution < -0.4 is 4.74 Å². The molecule has 27 heavy (non-hydrogen) atoms. The lowest BCUT2D eigenvalue weighted by Gasteiger charge is -2.07. The third-order valence-electron chi connectivity index (χ3n) is 4.32. The summed E-state index contributed by atoms with van der Waals surface area (Å²) in [5.74, 6) is 0.987. The summed E-state index contributed by atoms with van der Waals surface area (Å²) < 4.78 is 7.12. The number of aromatic nitrogens is 2. The van der Waals surface area contributed by atoms with E-state index < -0.39 is 0 Å². The highest BCUT2D eigenvalue weighted by molar-refractivity contribution is 6.06. The number of rotatable bonds is 5. The normalized spacial score (nSPS) is 11.1. The van der Waals surface area contributed by atoms with Crippen LogP contribution in [0.3, 0.4) is 0 Å². The van der Waals surface area contributed by atoms with Crippen LogP contribution >= 0.6 is 0 Å². The van der Waals surface area contributed by atoms with Gasteiger partial charge in [0.2, 0.25) is 5.78 Å².